The van der Waals surface area contributed by atoms with Crippen molar-refractivity contribution in [3.05, 3.63) is 0 Å². The number of hydrogen-bond donors (Lipinski definition) is 2. The minimum absolute atomic E-state index is 0.293. The third-order valence-corrected chi connectivity index (χ3v) is 3.93. The van der Waals surface area contributed by atoms with Gasteiger partial charge in [-0.1, -0.05) is 13.8 Å². The lowest BCUT2D eigenvalue weighted by Gasteiger charge is -2.16. The Morgan fingerprint density at radius 3 is 2.38 bits per heavy atom. The van der Waals surface area contributed by atoms with E-state index in [0.29, 0.717) is 32.3 Å². The van der Waals surface area contributed by atoms with Gasteiger partial charge in [-0.2, -0.15) is 0 Å². The zero-order valence-corrected chi connectivity index (χ0v) is 11.4. The smallest absolute Gasteiger partial charge is 0.215 e. The van der Waals surface area contributed by atoms with Crippen LogP contribution >= 0.6 is 0 Å². The molecule has 0 heterocycles. The van der Waals surface area contributed by atoms with Gasteiger partial charge in [-0.25, -0.2) is 13.1 Å². The molecule has 5 nitrogen and oxygen atoms in total. The van der Waals surface area contributed by atoms with Crippen LogP contribution in [0.3, 0.4) is 0 Å². The lowest BCUT2D eigenvalue weighted by Crippen LogP contribution is -2.41. The fourth-order valence-electron chi connectivity index (χ4n) is 1.05. The van der Waals surface area contributed by atoms with Crippen molar-refractivity contribution in [3.8, 4) is 0 Å². The summed E-state index contributed by atoms with van der Waals surface area (Å²) in [5.74, 6) is 0. The second-order valence-corrected chi connectivity index (χ2v) is 6.19. The molecule has 0 rings (SSSR count). The van der Waals surface area contributed by atoms with E-state index in [9.17, 15) is 8.42 Å². The Morgan fingerprint density at radius 1 is 1.25 bits per heavy atom. The maximum atomic E-state index is 11.7. The maximum Gasteiger partial charge on any atom is 0.215 e. The van der Waals surface area contributed by atoms with Crippen LogP contribution in [0.2, 0.25) is 0 Å². The van der Waals surface area contributed by atoms with E-state index in [1.54, 1.807) is 6.92 Å². The van der Waals surface area contributed by atoms with Crippen LogP contribution in [0.5, 0.6) is 0 Å². The molecule has 0 aromatic carbocycles. The average molecular weight is 252 g/mol. The SMILES string of the molecule is CCOCCNS(=O)(=O)C(C)CNC(C)C. The molecular weight excluding hydrogens is 228 g/mol. The van der Waals surface area contributed by atoms with Crippen molar-refractivity contribution in [1.82, 2.24) is 10.0 Å². The van der Waals surface area contributed by atoms with Crippen molar-refractivity contribution < 1.29 is 13.2 Å². The van der Waals surface area contributed by atoms with Crippen molar-refractivity contribution in [2.75, 3.05) is 26.3 Å². The van der Waals surface area contributed by atoms with Gasteiger partial charge in [0.1, 0.15) is 0 Å². The summed E-state index contributed by atoms with van der Waals surface area (Å²) in [5.41, 5.74) is 0. The van der Waals surface area contributed by atoms with E-state index in [1.807, 2.05) is 20.8 Å². The van der Waals surface area contributed by atoms with Crippen LogP contribution in [0.25, 0.3) is 0 Å². The van der Waals surface area contributed by atoms with Crippen molar-refractivity contribution in [3.63, 3.8) is 0 Å². The van der Waals surface area contributed by atoms with Crippen LogP contribution in [0.4, 0.5) is 0 Å². The molecule has 0 saturated heterocycles. The number of hydrogen-bond acceptors (Lipinski definition) is 4. The minimum atomic E-state index is -3.23. The summed E-state index contributed by atoms with van der Waals surface area (Å²) in [6, 6.07) is 0.293. The molecule has 0 fully saturated rings. The Hall–Kier alpha value is -0.170. The summed E-state index contributed by atoms with van der Waals surface area (Å²) in [5, 5.41) is 2.67. The van der Waals surface area contributed by atoms with Gasteiger partial charge in [-0.15, -0.1) is 0 Å². The summed E-state index contributed by atoms with van der Waals surface area (Å²) < 4.78 is 31.0. The highest BCUT2D eigenvalue weighted by Gasteiger charge is 2.19. The number of sulfonamides is 1. The lowest BCUT2D eigenvalue weighted by atomic mass is 10.3. The highest BCUT2D eigenvalue weighted by atomic mass is 32.2. The Labute approximate surface area is 99.0 Å². The van der Waals surface area contributed by atoms with Gasteiger partial charge >= 0.3 is 0 Å². The third kappa shape index (κ3) is 7.16. The molecule has 1 atom stereocenters. The molecule has 0 aliphatic rings. The molecule has 0 aliphatic heterocycles. The van der Waals surface area contributed by atoms with Crippen molar-refractivity contribution in [2.24, 2.45) is 0 Å². The molecule has 1 unspecified atom stereocenters. The molecule has 0 bridgehead atoms. The number of nitrogens with one attached hydrogen (secondary N) is 2. The van der Waals surface area contributed by atoms with Gasteiger partial charge in [-0.05, 0) is 13.8 Å². The highest BCUT2D eigenvalue weighted by molar-refractivity contribution is 7.90. The highest BCUT2D eigenvalue weighted by Crippen LogP contribution is 1.97. The normalized spacial score (nSPS) is 14.3. The van der Waals surface area contributed by atoms with Gasteiger partial charge in [0.25, 0.3) is 0 Å². The van der Waals surface area contributed by atoms with Crippen LogP contribution in [0, 0.1) is 0 Å². The standard InChI is InChI=1S/C10H24N2O3S/c1-5-15-7-6-12-16(13,14)10(4)8-11-9(2)3/h9-12H,5-8H2,1-4H3. The first-order chi connectivity index (χ1) is 7.40. The van der Waals surface area contributed by atoms with Crippen LogP contribution < -0.4 is 10.0 Å². The second-order valence-electron chi connectivity index (χ2n) is 4.01. The minimum Gasteiger partial charge on any atom is -0.380 e. The fourth-order valence-corrected chi connectivity index (χ4v) is 2.02. The molecule has 0 radical (unpaired) electrons. The quantitative estimate of drug-likeness (QED) is 0.580. The van der Waals surface area contributed by atoms with Crippen molar-refractivity contribution in [1.29, 1.82) is 0 Å². The first kappa shape index (κ1) is 15.8. The molecular formula is C10H24N2O3S. The summed E-state index contributed by atoms with van der Waals surface area (Å²) in [6.07, 6.45) is 0. The number of rotatable bonds is 9. The van der Waals surface area contributed by atoms with E-state index in [0.717, 1.165) is 0 Å². The molecule has 2 N–H and O–H groups in total. The van der Waals surface area contributed by atoms with Crippen LogP contribution in [0.1, 0.15) is 27.7 Å². The Bertz CT molecular complexity index is 265. The van der Waals surface area contributed by atoms with E-state index in [1.165, 1.54) is 0 Å². The van der Waals surface area contributed by atoms with Gasteiger partial charge in [0.05, 0.1) is 11.9 Å². The zero-order chi connectivity index (χ0) is 12.6. The Balaban J connectivity index is 3.91. The summed E-state index contributed by atoms with van der Waals surface area (Å²) in [6.45, 7) is 9.36. The molecule has 0 aromatic heterocycles. The summed E-state index contributed by atoms with van der Waals surface area (Å²) in [4.78, 5) is 0. The summed E-state index contributed by atoms with van der Waals surface area (Å²) >= 11 is 0. The third-order valence-electron chi connectivity index (χ3n) is 2.10. The molecule has 6 heteroatoms. The Kier molecular flexibility index (Phi) is 7.91. The molecule has 16 heavy (non-hydrogen) atoms. The first-order valence-corrected chi connectivity index (χ1v) is 7.24. The van der Waals surface area contributed by atoms with E-state index in [2.05, 4.69) is 10.0 Å². The van der Waals surface area contributed by atoms with E-state index < -0.39 is 15.3 Å². The maximum absolute atomic E-state index is 11.7. The predicted molar refractivity (Wildman–Crippen MR) is 66.0 cm³/mol. The molecule has 0 saturated carbocycles. The van der Waals surface area contributed by atoms with Gasteiger partial charge < -0.3 is 10.1 Å². The van der Waals surface area contributed by atoms with Gasteiger partial charge in [0.15, 0.2) is 0 Å². The van der Waals surface area contributed by atoms with E-state index in [4.69, 9.17) is 4.74 Å². The van der Waals surface area contributed by atoms with Gasteiger partial charge in [-0.3, -0.25) is 0 Å². The van der Waals surface area contributed by atoms with Crippen molar-refractivity contribution in [2.45, 2.75) is 39.0 Å². The Morgan fingerprint density at radius 2 is 1.88 bits per heavy atom. The average Bonchev–Trinajstić information content (AvgIpc) is 2.20. The topological polar surface area (TPSA) is 67.4 Å². The zero-order valence-electron chi connectivity index (χ0n) is 10.6. The largest absolute Gasteiger partial charge is 0.380 e. The van der Waals surface area contributed by atoms with E-state index in [-0.39, 0.29) is 0 Å². The molecule has 0 aromatic rings. The molecule has 0 amide bonds. The van der Waals surface area contributed by atoms with Crippen LogP contribution in [-0.4, -0.2) is 46.0 Å². The monoisotopic (exact) mass is 252 g/mol. The van der Waals surface area contributed by atoms with Crippen LogP contribution in [0.15, 0.2) is 0 Å². The van der Waals surface area contributed by atoms with Gasteiger partial charge in [0.2, 0.25) is 10.0 Å². The summed E-state index contributed by atoms with van der Waals surface area (Å²) in [7, 11) is -3.23. The molecule has 0 spiro atoms. The molecule has 98 valence electrons. The van der Waals surface area contributed by atoms with Crippen LogP contribution in [-0.2, 0) is 14.8 Å². The van der Waals surface area contributed by atoms with Gasteiger partial charge in [0, 0.05) is 25.7 Å². The molecule has 0 aliphatic carbocycles. The van der Waals surface area contributed by atoms with E-state index >= 15 is 0 Å². The first-order valence-electron chi connectivity index (χ1n) is 5.69. The second kappa shape index (κ2) is 8.00. The fraction of sp³-hybridized carbons (Fsp3) is 1.00. The number of ether oxygens (including phenoxy) is 1. The predicted octanol–water partition coefficient (Wildman–Crippen LogP) is 0.329. The van der Waals surface area contributed by atoms with Crippen molar-refractivity contribution >= 4 is 10.0 Å². The lowest BCUT2D eigenvalue weighted by molar-refractivity contribution is 0.153.